The summed E-state index contributed by atoms with van der Waals surface area (Å²) in [5.41, 5.74) is -0.702. The van der Waals surface area contributed by atoms with Crippen molar-refractivity contribution in [2.75, 3.05) is 19.8 Å². The fourth-order valence-electron chi connectivity index (χ4n) is 4.11. The Balaban J connectivity index is 2.09. The molecule has 0 aliphatic carbocycles. The minimum atomic E-state index is -1.36. The van der Waals surface area contributed by atoms with E-state index in [9.17, 15) is 20.1 Å². The summed E-state index contributed by atoms with van der Waals surface area (Å²) in [7, 11) is 1.94. The number of thioether (sulfide) groups is 1. The summed E-state index contributed by atoms with van der Waals surface area (Å²) in [6.07, 6.45) is -0.0980. The first-order valence-corrected chi connectivity index (χ1v) is 11.3. The standard InChI is InChI=1S/C18H33ClN2O5S/c1-5-6-10-7-11(21(3)8-10)17(25)20-12(9(2)19)16-14(23)13(22)15(24)18(26-16)27-4/h9-16,18,22-24H,5-8H2,1-4H3,(H,20,25)/t9-,10+,11+,12-,13+,14-,15-,16-,18-/m1/s1. The third-order valence-corrected chi connectivity index (χ3v) is 6.76. The van der Waals surface area contributed by atoms with Gasteiger partial charge in [-0.15, -0.1) is 23.4 Å². The first-order chi connectivity index (χ1) is 12.7. The van der Waals surface area contributed by atoms with Crippen LogP contribution in [0.4, 0.5) is 0 Å². The van der Waals surface area contributed by atoms with Crippen molar-refractivity contribution in [2.24, 2.45) is 5.92 Å². The van der Waals surface area contributed by atoms with Gasteiger partial charge in [-0.1, -0.05) is 13.3 Å². The summed E-state index contributed by atoms with van der Waals surface area (Å²) < 4.78 is 5.79. The number of ether oxygens (including phenoxy) is 1. The maximum absolute atomic E-state index is 12.9. The molecule has 2 saturated heterocycles. The molecule has 4 N–H and O–H groups in total. The van der Waals surface area contributed by atoms with Gasteiger partial charge in [0.15, 0.2) is 0 Å². The molecule has 158 valence electrons. The highest BCUT2D eigenvalue weighted by atomic mass is 35.5. The van der Waals surface area contributed by atoms with Crippen LogP contribution in [0, 0.1) is 5.92 Å². The third kappa shape index (κ3) is 5.29. The van der Waals surface area contributed by atoms with Crippen LogP contribution < -0.4 is 5.32 Å². The highest BCUT2D eigenvalue weighted by Crippen LogP contribution is 2.31. The number of rotatable bonds is 7. The molecule has 0 bridgehead atoms. The number of nitrogens with one attached hydrogen (secondary N) is 1. The molecule has 0 saturated carbocycles. The smallest absolute Gasteiger partial charge is 0.237 e. The molecule has 0 spiro atoms. The van der Waals surface area contributed by atoms with Gasteiger partial charge in [0.1, 0.15) is 29.9 Å². The lowest BCUT2D eigenvalue weighted by molar-refractivity contribution is -0.205. The number of aliphatic hydroxyl groups excluding tert-OH is 3. The molecule has 7 nitrogen and oxygen atoms in total. The molecule has 2 fully saturated rings. The first kappa shape index (κ1) is 23.2. The van der Waals surface area contributed by atoms with Crippen LogP contribution in [-0.2, 0) is 9.53 Å². The number of alkyl halides is 1. The molecule has 2 heterocycles. The Kier molecular flexibility index (Phi) is 8.67. The van der Waals surface area contributed by atoms with E-state index in [1.807, 2.05) is 11.9 Å². The highest BCUT2D eigenvalue weighted by Gasteiger charge is 2.48. The fourth-order valence-corrected chi connectivity index (χ4v) is 5.00. The van der Waals surface area contributed by atoms with Crippen LogP contribution in [0.25, 0.3) is 0 Å². The lowest BCUT2D eigenvalue weighted by Crippen LogP contribution is -2.65. The van der Waals surface area contributed by atoms with Crippen molar-refractivity contribution < 1.29 is 24.9 Å². The van der Waals surface area contributed by atoms with E-state index in [1.165, 1.54) is 11.8 Å². The van der Waals surface area contributed by atoms with E-state index in [0.29, 0.717) is 5.92 Å². The van der Waals surface area contributed by atoms with Crippen LogP contribution in [0.3, 0.4) is 0 Å². The summed E-state index contributed by atoms with van der Waals surface area (Å²) in [6.45, 7) is 4.74. The molecule has 1 amide bonds. The largest absolute Gasteiger partial charge is 0.388 e. The number of hydrogen-bond donors (Lipinski definition) is 4. The van der Waals surface area contributed by atoms with Crippen LogP contribution in [0.1, 0.15) is 33.1 Å². The quantitative estimate of drug-likeness (QED) is 0.438. The van der Waals surface area contributed by atoms with Crippen molar-refractivity contribution in [1.29, 1.82) is 0 Å². The molecule has 27 heavy (non-hydrogen) atoms. The molecule has 2 rings (SSSR count). The van der Waals surface area contributed by atoms with Gasteiger partial charge in [0, 0.05) is 6.54 Å². The van der Waals surface area contributed by atoms with Crippen molar-refractivity contribution in [3.05, 3.63) is 0 Å². The van der Waals surface area contributed by atoms with Crippen LogP contribution in [0.2, 0.25) is 0 Å². The normalized spacial score (nSPS) is 39.9. The van der Waals surface area contributed by atoms with Gasteiger partial charge < -0.3 is 25.4 Å². The van der Waals surface area contributed by atoms with Crippen molar-refractivity contribution in [2.45, 2.75) is 80.4 Å². The number of halogens is 1. The topological polar surface area (TPSA) is 102 Å². The number of aliphatic hydroxyl groups is 3. The van der Waals surface area contributed by atoms with E-state index in [4.69, 9.17) is 16.3 Å². The minimum absolute atomic E-state index is 0.147. The molecule has 0 aromatic heterocycles. The van der Waals surface area contributed by atoms with E-state index in [1.54, 1.807) is 13.2 Å². The minimum Gasteiger partial charge on any atom is -0.388 e. The number of carbonyl (C=O) groups is 1. The summed E-state index contributed by atoms with van der Waals surface area (Å²) in [4.78, 5) is 14.9. The van der Waals surface area contributed by atoms with Crippen molar-refractivity contribution in [3.8, 4) is 0 Å². The van der Waals surface area contributed by atoms with Crippen LogP contribution in [0.5, 0.6) is 0 Å². The molecule has 9 atom stereocenters. The average molecular weight is 425 g/mol. The lowest BCUT2D eigenvalue weighted by Gasteiger charge is -2.44. The predicted molar refractivity (Wildman–Crippen MR) is 107 cm³/mol. The molecular weight excluding hydrogens is 392 g/mol. The maximum Gasteiger partial charge on any atom is 0.237 e. The molecule has 9 heteroatoms. The highest BCUT2D eigenvalue weighted by molar-refractivity contribution is 7.99. The molecular formula is C18H33ClN2O5S. The second kappa shape index (κ2) is 10.1. The SMILES string of the molecule is CCC[C@H]1C[C@@H](C(=O)N[C@@H]([C@H]2O[C@H](SC)[C@H](O)[C@@H](O)[C@H]2O)[C@@H](C)Cl)N(C)C1. The van der Waals surface area contributed by atoms with Crippen molar-refractivity contribution in [1.82, 2.24) is 10.2 Å². The monoisotopic (exact) mass is 424 g/mol. The Hall–Kier alpha value is -0.0900. The Morgan fingerprint density at radius 1 is 1.33 bits per heavy atom. The van der Waals surface area contributed by atoms with Gasteiger partial charge in [0.05, 0.1) is 17.5 Å². The summed E-state index contributed by atoms with van der Waals surface area (Å²) in [6, 6.07) is -0.934. The van der Waals surface area contributed by atoms with Gasteiger partial charge in [-0.25, -0.2) is 0 Å². The number of likely N-dealkylation sites (N-methyl/N-ethyl adjacent to an activating group) is 1. The Morgan fingerprint density at radius 3 is 2.56 bits per heavy atom. The molecule has 0 unspecified atom stereocenters. The molecule has 2 aliphatic heterocycles. The number of nitrogens with zero attached hydrogens (tertiary/aromatic N) is 1. The maximum atomic E-state index is 12.9. The van der Waals surface area contributed by atoms with Crippen LogP contribution in [-0.4, -0.2) is 93.3 Å². The molecule has 0 radical (unpaired) electrons. The Bertz CT molecular complexity index is 498. The van der Waals surface area contributed by atoms with Gasteiger partial charge in [-0.3, -0.25) is 9.69 Å². The van der Waals surface area contributed by atoms with E-state index >= 15 is 0 Å². The Labute approximate surface area is 170 Å². The predicted octanol–water partition coefficient (Wildman–Crippen LogP) is 0.390. The van der Waals surface area contributed by atoms with Crippen LogP contribution >= 0.6 is 23.4 Å². The summed E-state index contributed by atoms with van der Waals surface area (Å²) in [5.74, 6) is 0.350. The summed E-state index contributed by atoms with van der Waals surface area (Å²) in [5, 5.41) is 33.0. The van der Waals surface area contributed by atoms with Gasteiger partial charge in [-0.2, -0.15) is 0 Å². The van der Waals surface area contributed by atoms with Gasteiger partial charge in [-0.05, 0) is 39.0 Å². The van der Waals surface area contributed by atoms with Crippen LogP contribution in [0.15, 0.2) is 0 Å². The summed E-state index contributed by atoms with van der Waals surface area (Å²) >= 11 is 7.55. The molecule has 2 aliphatic rings. The second-order valence-electron chi connectivity index (χ2n) is 7.73. The van der Waals surface area contributed by atoms with E-state index in [-0.39, 0.29) is 11.9 Å². The van der Waals surface area contributed by atoms with E-state index < -0.39 is 41.3 Å². The van der Waals surface area contributed by atoms with Crippen molar-refractivity contribution >= 4 is 29.3 Å². The van der Waals surface area contributed by atoms with Gasteiger partial charge >= 0.3 is 0 Å². The molecule has 0 aromatic rings. The number of carbonyl (C=O) groups excluding carboxylic acids is 1. The number of hydrogen-bond acceptors (Lipinski definition) is 7. The van der Waals surface area contributed by atoms with E-state index in [0.717, 1.165) is 25.8 Å². The van der Waals surface area contributed by atoms with Gasteiger partial charge in [0.25, 0.3) is 0 Å². The average Bonchev–Trinajstić information content (AvgIpc) is 2.99. The molecule has 0 aromatic carbocycles. The van der Waals surface area contributed by atoms with Crippen molar-refractivity contribution in [3.63, 3.8) is 0 Å². The number of likely N-dealkylation sites (tertiary alicyclic amines) is 1. The Morgan fingerprint density at radius 2 is 2.00 bits per heavy atom. The first-order valence-electron chi connectivity index (χ1n) is 9.58. The zero-order valence-electron chi connectivity index (χ0n) is 16.4. The fraction of sp³-hybridized carbons (Fsp3) is 0.944. The van der Waals surface area contributed by atoms with Gasteiger partial charge in [0.2, 0.25) is 5.91 Å². The number of amides is 1. The van der Waals surface area contributed by atoms with E-state index in [2.05, 4.69) is 12.2 Å². The third-order valence-electron chi connectivity index (χ3n) is 5.63. The second-order valence-corrected chi connectivity index (χ2v) is 9.36. The lowest BCUT2D eigenvalue weighted by atomic mass is 9.92. The zero-order valence-corrected chi connectivity index (χ0v) is 18.0. The zero-order chi connectivity index (χ0) is 20.3.